The SMILES string of the molecule is COCCc1noc(CN2CCC[C@@H](c3nc4ccccc4s3)C2)n1. The zero-order chi connectivity index (χ0) is 17.1. The second kappa shape index (κ2) is 7.59. The van der Waals surface area contributed by atoms with E-state index in [0.29, 0.717) is 31.4 Å². The van der Waals surface area contributed by atoms with Crippen LogP contribution in [0.5, 0.6) is 0 Å². The van der Waals surface area contributed by atoms with Crippen LogP contribution in [0.4, 0.5) is 0 Å². The Morgan fingerprint density at radius 2 is 2.24 bits per heavy atom. The van der Waals surface area contributed by atoms with Crippen molar-refractivity contribution < 1.29 is 9.26 Å². The predicted molar refractivity (Wildman–Crippen MR) is 96.8 cm³/mol. The largest absolute Gasteiger partial charge is 0.384 e. The molecule has 2 aromatic heterocycles. The number of fused-ring (bicyclic) bond motifs is 1. The Balaban J connectivity index is 1.41. The van der Waals surface area contributed by atoms with Gasteiger partial charge in [-0.1, -0.05) is 17.3 Å². The number of methoxy groups -OCH3 is 1. The highest BCUT2D eigenvalue weighted by molar-refractivity contribution is 7.18. The summed E-state index contributed by atoms with van der Waals surface area (Å²) in [4.78, 5) is 11.7. The Kier molecular flexibility index (Phi) is 5.05. The summed E-state index contributed by atoms with van der Waals surface area (Å²) in [6.45, 7) is 3.39. The number of rotatable bonds is 6. The first-order valence-corrected chi connectivity index (χ1v) is 9.51. The number of ether oxygens (including phenoxy) is 1. The number of thiazole rings is 1. The Morgan fingerprint density at radius 1 is 1.32 bits per heavy atom. The molecule has 1 atom stereocenters. The minimum absolute atomic E-state index is 0.488. The maximum Gasteiger partial charge on any atom is 0.240 e. The normalized spacial score (nSPS) is 18.8. The Morgan fingerprint density at radius 3 is 3.12 bits per heavy atom. The third kappa shape index (κ3) is 3.89. The zero-order valence-corrected chi connectivity index (χ0v) is 15.2. The van der Waals surface area contributed by atoms with Crippen molar-refractivity contribution in [2.45, 2.75) is 31.7 Å². The van der Waals surface area contributed by atoms with Crippen molar-refractivity contribution in [2.24, 2.45) is 0 Å². The Labute approximate surface area is 150 Å². The molecule has 3 heterocycles. The first-order valence-electron chi connectivity index (χ1n) is 8.70. The molecule has 0 bridgehead atoms. The molecular weight excluding hydrogens is 336 g/mol. The molecule has 1 saturated heterocycles. The summed E-state index contributed by atoms with van der Waals surface area (Å²) < 4.78 is 11.7. The predicted octanol–water partition coefficient (Wildman–Crippen LogP) is 3.25. The minimum Gasteiger partial charge on any atom is -0.384 e. The van der Waals surface area contributed by atoms with Gasteiger partial charge in [-0.15, -0.1) is 11.3 Å². The van der Waals surface area contributed by atoms with Gasteiger partial charge in [-0.05, 0) is 31.5 Å². The molecule has 6 nitrogen and oxygen atoms in total. The molecule has 0 spiro atoms. The van der Waals surface area contributed by atoms with E-state index in [1.807, 2.05) is 11.3 Å². The number of hydrogen-bond donors (Lipinski definition) is 0. The third-order valence-corrected chi connectivity index (χ3v) is 5.76. The molecule has 7 heteroatoms. The fraction of sp³-hybridized carbons (Fsp3) is 0.500. The second-order valence-corrected chi connectivity index (χ2v) is 7.50. The fourth-order valence-electron chi connectivity index (χ4n) is 3.31. The first-order chi connectivity index (χ1) is 12.3. The molecule has 0 aliphatic carbocycles. The number of nitrogens with zero attached hydrogens (tertiary/aromatic N) is 4. The van der Waals surface area contributed by atoms with E-state index in [1.54, 1.807) is 7.11 Å². The van der Waals surface area contributed by atoms with Crippen LogP contribution in [0.1, 0.15) is 35.5 Å². The lowest BCUT2D eigenvalue weighted by Crippen LogP contribution is -2.33. The fourth-order valence-corrected chi connectivity index (χ4v) is 4.40. The van der Waals surface area contributed by atoms with E-state index in [1.165, 1.54) is 22.5 Å². The molecule has 132 valence electrons. The van der Waals surface area contributed by atoms with Gasteiger partial charge in [0.1, 0.15) is 0 Å². The van der Waals surface area contributed by atoms with Gasteiger partial charge in [-0.3, -0.25) is 4.90 Å². The number of benzene rings is 1. The van der Waals surface area contributed by atoms with Crippen LogP contribution in [0.25, 0.3) is 10.2 Å². The monoisotopic (exact) mass is 358 g/mol. The number of piperidine rings is 1. The van der Waals surface area contributed by atoms with Crippen LogP contribution in [-0.4, -0.2) is 46.8 Å². The molecule has 1 aromatic carbocycles. The summed E-state index contributed by atoms with van der Waals surface area (Å²) in [7, 11) is 1.68. The van der Waals surface area contributed by atoms with Crippen molar-refractivity contribution in [3.05, 3.63) is 41.0 Å². The van der Waals surface area contributed by atoms with Gasteiger partial charge in [0.15, 0.2) is 5.82 Å². The smallest absolute Gasteiger partial charge is 0.240 e. The van der Waals surface area contributed by atoms with Crippen molar-refractivity contribution in [1.29, 1.82) is 0 Å². The first kappa shape index (κ1) is 16.6. The van der Waals surface area contributed by atoms with E-state index in [4.69, 9.17) is 14.2 Å². The number of hydrogen-bond acceptors (Lipinski definition) is 7. The molecule has 0 N–H and O–H groups in total. The molecule has 0 saturated carbocycles. The van der Waals surface area contributed by atoms with E-state index >= 15 is 0 Å². The van der Waals surface area contributed by atoms with Crippen LogP contribution in [-0.2, 0) is 17.7 Å². The van der Waals surface area contributed by atoms with E-state index in [0.717, 1.165) is 24.4 Å². The van der Waals surface area contributed by atoms with Crippen LogP contribution in [0, 0.1) is 0 Å². The summed E-state index contributed by atoms with van der Waals surface area (Å²) in [6, 6.07) is 8.37. The van der Waals surface area contributed by atoms with Crippen molar-refractivity contribution in [3.8, 4) is 0 Å². The van der Waals surface area contributed by atoms with E-state index in [9.17, 15) is 0 Å². The minimum atomic E-state index is 0.488. The van der Waals surface area contributed by atoms with Crippen LogP contribution in [0.2, 0.25) is 0 Å². The van der Waals surface area contributed by atoms with Gasteiger partial charge in [0.25, 0.3) is 0 Å². The molecule has 0 unspecified atom stereocenters. The number of likely N-dealkylation sites (tertiary alicyclic amines) is 1. The summed E-state index contributed by atoms with van der Waals surface area (Å²) in [5.74, 6) is 1.90. The van der Waals surface area contributed by atoms with Gasteiger partial charge in [0.05, 0.1) is 28.4 Å². The zero-order valence-electron chi connectivity index (χ0n) is 14.4. The molecular formula is C18H22N4O2S. The molecule has 0 amide bonds. The highest BCUT2D eigenvalue weighted by Gasteiger charge is 2.25. The molecule has 1 fully saturated rings. The topological polar surface area (TPSA) is 64.3 Å². The maximum absolute atomic E-state index is 5.38. The van der Waals surface area contributed by atoms with E-state index in [-0.39, 0.29) is 0 Å². The maximum atomic E-state index is 5.38. The highest BCUT2D eigenvalue weighted by Crippen LogP contribution is 2.33. The van der Waals surface area contributed by atoms with Gasteiger partial charge in [-0.2, -0.15) is 4.98 Å². The van der Waals surface area contributed by atoms with Crippen LogP contribution in [0.15, 0.2) is 28.8 Å². The molecule has 1 aliphatic heterocycles. The molecule has 3 aromatic rings. The lowest BCUT2D eigenvalue weighted by atomic mass is 9.99. The van der Waals surface area contributed by atoms with Gasteiger partial charge in [0.2, 0.25) is 5.89 Å². The molecule has 1 aliphatic rings. The molecule has 4 rings (SSSR count). The molecule has 25 heavy (non-hydrogen) atoms. The van der Waals surface area contributed by atoms with Gasteiger partial charge < -0.3 is 9.26 Å². The lowest BCUT2D eigenvalue weighted by molar-refractivity contribution is 0.177. The van der Waals surface area contributed by atoms with Crippen molar-refractivity contribution in [1.82, 2.24) is 20.0 Å². The Bertz CT molecular complexity index is 798. The summed E-state index contributed by atoms with van der Waals surface area (Å²) >= 11 is 1.82. The van der Waals surface area contributed by atoms with Crippen molar-refractivity contribution in [3.63, 3.8) is 0 Å². The van der Waals surface area contributed by atoms with Crippen LogP contribution >= 0.6 is 11.3 Å². The summed E-state index contributed by atoms with van der Waals surface area (Å²) in [6.07, 6.45) is 3.05. The number of para-hydroxylation sites is 1. The number of aromatic nitrogens is 3. The van der Waals surface area contributed by atoms with E-state index in [2.05, 4.69) is 39.3 Å². The van der Waals surface area contributed by atoms with Crippen molar-refractivity contribution >= 4 is 21.6 Å². The quantitative estimate of drug-likeness (QED) is 0.674. The van der Waals surface area contributed by atoms with Gasteiger partial charge in [0, 0.05) is 26.0 Å². The summed E-state index contributed by atoms with van der Waals surface area (Å²) in [5.41, 5.74) is 1.11. The standard InChI is InChI=1S/C18H22N4O2S/c1-23-10-8-16-20-17(24-21-16)12-22-9-4-5-13(11-22)18-19-14-6-2-3-7-15(14)25-18/h2-3,6-7,13H,4-5,8-12H2,1H3/t13-/m1/s1. The Hall–Kier alpha value is -1.83. The third-order valence-electron chi connectivity index (χ3n) is 4.56. The van der Waals surface area contributed by atoms with Gasteiger partial charge >= 0.3 is 0 Å². The van der Waals surface area contributed by atoms with Crippen molar-refractivity contribution in [2.75, 3.05) is 26.8 Å². The lowest BCUT2D eigenvalue weighted by Gasteiger charge is -2.30. The summed E-state index contributed by atoms with van der Waals surface area (Å²) in [5, 5.41) is 5.27. The van der Waals surface area contributed by atoms with Crippen LogP contribution in [0.3, 0.4) is 0 Å². The van der Waals surface area contributed by atoms with Crippen LogP contribution < -0.4 is 0 Å². The second-order valence-electron chi connectivity index (χ2n) is 6.44. The highest BCUT2D eigenvalue weighted by atomic mass is 32.1. The van der Waals surface area contributed by atoms with E-state index < -0.39 is 0 Å². The average molecular weight is 358 g/mol. The van der Waals surface area contributed by atoms with Gasteiger partial charge in [-0.25, -0.2) is 4.98 Å². The average Bonchev–Trinajstić information content (AvgIpc) is 3.27. The molecule has 0 radical (unpaired) electrons.